The van der Waals surface area contributed by atoms with Crippen molar-refractivity contribution in [2.45, 2.75) is 39.7 Å². The molecular formula is C22H37N5O3. The lowest BCUT2D eigenvalue weighted by Gasteiger charge is -2.20. The van der Waals surface area contributed by atoms with E-state index in [0.717, 1.165) is 44.3 Å². The van der Waals surface area contributed by atoms with Crippen molar-refractivity contribution in [1.29, 1.82) is 0 Å². The smallest absolute Gasteiger partial charge is 0.407 e. The van der Waals surface area contributed by atoms with Gasteiger partial charge in [0, 0.05) is 51.0 Å². The number of ether oxygens (including phenoxy) is 2. The zero-order valence-electron chi connectivity index (χ0n) is 19.0. The van der Waals surface area contributed by atoms with Crippen LogP contribution >= 0.6 is 0 Å². The lowest BCUT2D eigenvalue weighted by Crippen LogP contribution is -2.42. The van der Waals surface area contributed by atoms with E-state index in [2.05, 4.69) is 33.0 Å². The molecule has 0 radical (unpaired) electrons. The summed E-state index contributed by atoms with van der Waals surface area (Å²) in [5.41, 5.74) is 0.701. The number of methoxy groups -OCH3 is 1. The Morgan fingerprint density at radius 3 is 2.70 bits per heavy atom. The van der Waals surface area contributed by atoms with E-state index in [1.807, 2.05) is 39.8 Å². The topological polar surface area (TPSA) is 87.2 Å². The van der Waals surface area contributed by atoms with E-state index in [-0.39, 0.29) is 0 Å². The van der Waals surface area contributed by atoms with E-state index in [0.29, 0.717) is 19.0 Å². The number of carbonyl (C=O) groups is 1. The SMILES string of the molecule is CCNC(=NCC1CCN(c2cccc(OC)c2)C1)NCCNC(=O)OC(C)(C)C. The minimum Gasteiger partial charge on any atom is -0.497 e. The van der Waals surface area contributed by atoms with E-state index in [1.165, 1.54) is 5.69 Å². The third-order valence-corrected chi connectivity index (χ3v) is 4.64. The van der Waals surface area contributed by atoms with E-state index in [1.54, 1.807) is 7.11 Å². The van der Waals surface area contributed by atoms with Gasteiger partial charge >= 0.3 is 6.09 Å². The summed E-state index contributed by atoms with van der Waals surface area (Å²) in [6, 6.07) is 8.19. The standard InChI is InChI=1S/C22H37N5O3/c1-6-23-20(24-11-12-25-21(28)30-22(2,3)4)26-15-17-10-13-27(16-17)18-8-7-9-19(14-18)29-5/h7-9,14,17H,6,10-13,15-16H2,1-5H3,(H,25,28)(H2,23,24,26). The van der Waals surface area contributed by atoms with Crippen molar-refractivity contribution in [3.05, 3.63) is 24.3 Å². The molecule has 1 heterocycles. The van der Waals surface area contributed by atoms with Crippen molar-refractivity contribution in [3.8, 4) is 5.75 Å². The van der Waals surface area contributed by atoms with E-state index in [4.69, 9.17) is 14.5 Å². The molecule has 3 N–H and O–H groups in total. The first-order chi connectivity index (χ1) is 14.3. The monoisotopic (exact) mass is 419 g/mol. The molecule has 1 aliphatic rings. The molecule has 1 fully saturated rings. The molecular weight excluding hydrogens is 382 g/mol. The quantitative estimate of drug-likeness (QED) is 0.341. The first kappa shape index (κ1) is 23.6. The molecule has 0 bridgehead atoms. The summed E-state index contributed by atoms with van der Waals surface area (Å²) in [6.07, 6.45) is 0.704. The Morgan fingerprint density at radius 1 is 1.23 bits per heavy atom. The largest absolute Gasteiger partial charge is 0.497 e. The molecule has 1 unspecified atom stereocenters. The number of guanidine groups is 1. The molecule has 0 spiro atoms. The fourth-order valence-electron chi connectivity index (χ4n) is 3.25. The molecule has 8 heteroatoms. The summed E-state index contributed by atoms with van der Waals surface area (Å²) in [4.78, 5) is 18.8. The summed E-state index contributed by atoms with van der Waals surface area (Å²) >= 11 is 0. The van der Waals surface area contributed by atoms with Crippen LogP contribution in [0.2, 0.25) is 0 Å². The minimum atomic E-state index is -0.492. The highest BCUT2D eigenvalue weighted by Crippen LogP contribution is 2.26. The Bertz CT molecular complexity index is 702. The van der Waals surface area contributed by atoms with Gasteiger partial charge < -0.3 is 30.3 Å². The van der Waals surface area contributed by atoms with Gasteiger partial charge in [-0.2, -0.15) is 0 Å². The van der Waals surface area contributed by atoms with Gasteiger partial charge in [-0.3, -0.25) is 4.99 Å². The van der Waals surface area contributed by atoms with Gasteiger partial charge in [0.05, 0.1) is 7.11 Å². The number of hydrogen-bond donors (Lipinski definition) is 3. The van der Waals surface area contributed by atoms with Crippen molar-refractivity contribution >= 4 is 17.7 Å². The van der Waals surface area contributed by atoms with Crippen LogP contribution in [0.1, 0.15) is 34.1 Å². The fourth-order valence-corrected chi connectivity index (χ4v) is 3.25. The van der Waals surface area contributed by atoms with Gasteiger partial charge in [0.1, 0.15) is 11.4 Å². The van der Waals surface area contributed by atoms with Crippen molar-refractivity contribution in [2.24, 2.45) is 10.9 Å². The Hall–Kier alpha value is -2.64. The highest BCUT2D eigenvalue weighted by atomic mass is 16.6. The summed E-state index contributed by atoms with van der Waals surface area (Å²) in [5, 5.41) is 9.26. The molecule has 1 aliphatic heterocycles. The van der Waals surface area contributed by atoms with Gasteiger partial charge in [0.15, 0.2) is 5.96 Å². The zero-order chi connectivity index (χ0) is 22.0. The summed E-state index contributed by atoms with van der Waals surface area (Å²) in [6.45, 7) is 12.2. The molecule has 30 heavy (non-hydrogen) atoms. The van der Waals surface area contributed by atoms with Crippen LogP contribution < -0.4 is 25.6 Å². The summed E-state index contributed by atoms with van der Waals surface area (Å²) in [7, 11) is 1.69. The van der Waals surface area contributed by atoms with Crippen LogP contribution in [0.5, 0.6) is 5.75 Å². The van der Waals surface area contributed by atoms with Gasteiger partial charge in [0.25, 0.3) is 0 Å². The Kier molecular flexibility index (Phi) is 9.08. The van der Waals surface area contributed by atoms with Gasteiger partial charge in [0.2, 0.25) is 0 Å². The third-order valence-electron chi connectivity index (χ3n) is 4.64. The molecule has 0 aromatic heterocycles. The average molecular weight is 420 g/mol. The molecule has 2 rings (SSSR count). The zero-order valence-corrected chi connectivity index (χ0v) is 19.0. The number of benzene rings is 1. The molecule has 1 saturated heterocycles. The second-order valence-corrected chi connectivity index (χ2v) is 8.38. The summed E-state index contributed by atoms with van der Waals surface area (Å²) < 4.78 is 10.6. The maximum Gasteiger partial charge on any atom is 0.407 e. The number of carbonyl (C=O) groups excluding carboxylic acids is 1. The highest BCUT2D eigenvalue weighted by Gasteiger charge is 2.23. The third kappa shape index (κ3) is 8.39. The molecule has 0 aliphatic carbocycles. The highest BCUT2D eigenvalue weighted by molar-refractivity contribution is 5.79. The maximum atomic E-state index is 11.7. The van der Waals surface area contributed by atoms with E-state index >= 15 is 0 Å². The second-order valence-electron chi connectivity index (χ2n) is 8.38. The second kappa shape index (κ2) is 11.5. The maximum absolute atomic E-state index is 11.7. The number of amides is 1. The van der Waals surface area contributed by atoms with Crippen LogP contribution in [0.3, 0.4) is 0 Å². The number of rotatable bonds is 8. The first-order valence-corrected chi connectivity index (χ1v) is 10.7. The molecule has 0 saturated carbocycles. The normalized spacial score (nSPS) is 16.9. The van der Waals surface area contributed by atoms with E-state index < -0.39 is 11.7 Å². The van der Waals surface area contributed by atoms with Gasteiger partial charge in [-0.1, -0.05) is 6.07 Å². The van der Waals surface area contributed by atoms with Gasteiger partial charge in [-0.05, 0) is 52.2 Å². The number of nitrogens with zero attached hydrogens (tertiary/aromatic N) is 2. The van der Waals surface area contributed by atoms with Crippen molar-refractivity contribution in [3.63, 3.8) is 0 Å². The van der Waals surface area contributed by atoms with Crippen LogP contribution in [0.15, 0.2) is 29.3 Å². The summed E-state index contributed by atoms with van der Waals surface area (Å²) in [5.74, 6) is 2.16. The molecule has 1 aromatic carbocycles. The predicted octanol–water partition coefficient (Wildman–Crippen LogP) is 2.60. The average Bonchev–Trinajstić information content (AvgIpc) is 3.17. The fraction of sp³-hybridized carbons (Fsp3) is 0.636. The number of aliphatic imine (C=N–C) groups is 1. The van der Waals surface area contributed by atoms with Crippen molar-refractivity contribution in [2.75, 3.05) is 51.3 Å². The minimum absolute atomic E-state index is 0.408. The Labute approximate surface area is 180 Å². The van der Waals surface area contributed by atoms with Crippen LogP contribution in [-0.4, -0.2) is 64.0 Å². The van der Waals surface area contributed by atoms with Crippen molar-refractivity contribution in [1.82, 2.24) is 16.0 Å². The number of hydrogen-bond acceptors (Lipinski definition) is 5. The number of alkyl carbamates (subject to hydrolysis) is 1. The Morgan fingerprint density at radius 2 is 2.00 bits per heavy atom. The van der Waals surface area contributed by atoms with Gasteiger partial charge in [-0.25, -0.2) is 4.79 Å². The lowest BCUT2D eigenvalue weighted by molar-refractivity contribution is 0.0529. The molecule has 1 amide bonds. The van der Waals surface area contributed by atoms with Crippen LogP contribution in [0.25, 0.3) is 0 Å². The van der Waals surface area contributed by atoms with Crippen LogP contribution in [0.4, 0.5) is 10.5 Å². The number of nitrogens with one attached hydrogen (secondary N) is 3. The first-order valence-electron chi connectivity index (χ1n) is 10.7. The predicted molar refractivity (Wildman–Crippen MR) is 122 cm³/mol. The lowest BCUT2D eigenvalue weighted by atomic mass is 10.1. The van der Waals surface area contributed by atoms with E-state index in [9.17, 15) is 4.79 Å². The Balaban J connectivity index is 1.77. The van der Waals surface area contributed by atoms with Crippen LogP contribution in [-0.2, 0) is 4.74 Å². The molecule has 1 aromatic rings. The number of anilines is 1. The molecule has 8 nitrogen and oxygen atoms in total. The molecule has 1 atom stereocenters. The van der Waals surface area contributed by atoms with Crippen LogP contribution in [0, 0.1) is 5.92 Å². The van der Waals surface area contributed by atoms with Gasteiger partial charge in [-0.15, -0.1) is 0 Å². The molecule has 168 valence electrons. The van der Waals surface area contributed by atoms with Crippen molar-refractivity contribution < 1.29 is 14.3 Å².